The van der Waals surface area contributed by atoms with E-state index in [1.807, 2.05) is 19.1 Å². The number of aryl methyl sites for hydroxylation is 2. The van der Waals surface area contributed by atoms with Gasteiger partial charge < -0.3 is 14.6 Å². The summed E-state index contributed by atoms with van der Waals surface area (Å²) in [7, 11) is -3.81. The maximum absolute atomic E-state index is 12.4. The van der Waals surface area contributed by atoms with Crippen molar-refractivity contribution in [1.29, 1.82) is 0 Å². The molecule has 0 saturated heterocycles. The molecule has 152 valence electrons. The van der Waals surface area contributed by atoms with E-state index in [1.165, 1.54) is 30.3 Å². The molecule has 3 rings (SSSR count). The molecule has 8 nitrogen and oxygen atoms in total. The topological polar surface area (TPSA) is 111 Å². The molecule has 2 N–H and O–H groups in total. The number of ether oxygens (including phenoxy) is 1. The molecule has 0 bridgehead atoms. The fourth-order valence-electron chi connectivity index (χ4n) is 2.38. The van der Waals surface area contributed by atoms with Gasteiger partial charge in [-0.15, -0.1) is 0 Å². The Morgan fingerprint density at radius 3 is 2.48 bits per heavy atom. The van der Waals surface area contributed by atoms with Crippen molar-refractivity contribution in [3.05, 3.63) is 64.3 Å². The molecule has 0 spiro atoms. The van der Waals surface area contributed by atoms with Crippen LogP contribution in [0.5, 0.6) is 5.75 Å². The molecule has 0 aliphatic heterocycles. The zero-order valence-corrected chi connectivity index (χ0v) is 18.0. The van der Waals surface area contributed by atoms with Crippen LogP contribution >= 0.6 is 15.9 Å². The number of anilines is 2. The van der Waals surface area contributed by atoms with Crippen molar-refractivity contribution in [2.45, 2.75) is 18.7 Å². The van der Waals surface area contributed by atoms with Gasteiger partial charge in [0.15, 0.2) is 12.4 Å². The Morgan fingerprint density at radius 2 is 1.86 bits per heavy atom. The van der Waals surface area contributed by atoms with Crippen LogP contribution in [-0.4, -0.2) is 26.1 Å². The van der Waals surface area contributed by atoms with Gasteiger partial charge in [0.2, 0.25) is 0 Å². The second kappa shape index (κ2) is 8.66. The predicted octanol–water partition coefficient (Wildman–Crippen LogP) is 3.87. The highest BCUT2D eigenvalue weighted by Gasteiger charge is 2.16. The first-order valence-corrected chi connectivity index (χ1v) is 10.8. The molecule has 0 atom stereocenters. The van der Waals surface area contributed by atoms with Crippen LogP contribution in [0.1, 0.15) is 11.3 Å². The molecule has 2 aromatic carbocycles. The quantitative estimate of drug-likeness (QED) is 0.531. The van der Waals surface area contributed by atoms with Crippen LogP contribution in [-0.2, 0) is 14.8 Å². The molecule has 0 radical (unpaired) electrons. The molecule has 10 heteroatoms. The normalized spacial score (nSPS) is 11.1. The summed E-state index contributed by atoms with van der Waals surface area (Å²) < 4.78 is 38.3. The largest absolute Gasteiger partial charge is 0.484 e. The van der Waals surface area contributed by atoms with Crippen molar-refractivity contribution in [3.63, 3.8) is 0 Å². The third-order valence-corrected chi connectivity index (χ3v) is 6.07. The monoisotopic (exact) mass is 479 g/mol. The average Bonchev–Trinajstić information content (AvgIpc) is 3.07. The van der Waals surface area contributed by atoms with Crippen LogP contribution in [0.2, 0.25) is 0 Å². The first-order valence-electron chi connectivity index (χ1n) is 8.48. The lowest BCUT2D eigenvalue weighted by Crippen LogP contribution is -2.20. The molecular weight excluding hydrogens is 462 g/mol. The number of nitrogens with zero attached hydrogens (tertiary/aromatic N) is 1. The van der Waals surface area contributed by atoms with Crippen LogP contribution in [0.25, 0.3) is 0 Å². The Hall–Kier alpha value is -2.85. The summed E-state index contributed by atoms with van der Waals surface area (Å²) in [5, 5.41) is 6.25. The van der Waals surface area contributed by atoms with E-state index >= 15 is 0 Å². The second-order valence-electron chi connectivity index (χ2n) is 6.20. The molecule has 1 heterocycles. The molecule has 3 aromatic rings. The van der Waals surface area contributed by atoms with Crippen molar-refractivity contribution < 1.29 is 22.5 Å². The summed E-state index contributed by atoms with van der Waals surface area (Å²) >= 11 is 3.40. The summed E-state index contributed by atoms with van der Waals surface area (Å²) in [6.07, 6.45) is 0. The van der Waals surface area contributed by atoms with Gasteiger partial charge in [-0.2, -0.15) is 0 Å². The third-order valence-electron chi connectivity index (χ3n) is 3.81. The Bertz CT molecular complexity index is 1130. The van der Waals surface area contributed by atoms with Gasteiger partial charge >= 0.3 is 0 Å². The third kappa shape index (κ3) is 5.58. The first-order chi connectivity index (χ1) is 13.7. The zero-order valence-electron chi connectivity index (χ0n) is 15.6. The number of hydrogen-bond acceptors (Lipinski definition) is 6. The molecule has 0 aliphatic rings. The maximum atomic E-state index is 12.4. The average molecular weight is 480 g/mol. The van der Waals surface area contributed by atoms with Crippen molar-refractivity contribution >= 4 is 43.4 Å². The minimum atomic E-state index is -3.81. The van der Waals surface area contributed by atoms with Gasteiger partial charge in [0.05, 0.1) is 4.90 Å². The molecule has 29 heavy (non-hydrogen) atoms. The highest BCUT2D eigenvalue weighted by atomic mass is 79.9. The lowest BCUT2D eigenvalue weighted by atomic mass is 10.2. The maximum Gasteiger partial charge on any atom is 0.263 e. The number of halogens is 1. The summed E-state index contributed by atoms with van der Waals surface area (Å²) in [5.74, 6) is 0.801. The Kier molecular flexibility index (Phi) is 6.23. The van der Waals surface area contributed by atoms with Gasteiger partial charge in [-0.25, -0.2) is 8.42 Å². The van der Waals surface area contributed by atoms with Crippen molar-refractivity contribution in [3.8, 4) is 5.75 Å². The van der Waals surface area contributed by atoms with Crippen LogP contribution in [0, 0.1) is 13.8 Å². The predicted molar refractivity (Wildman–Crippen MR) is 111 cm³/mol. The highest BCUT2D eigenvalue weighted by Crippen LogP contribution is 2.22. The van der Waals surface area contributed by atoms with Crippen LogP contribution in [0.15, 0.2) is 62.4 Å². The van der Waals surface area contributed by atoms with Crippen molar-refractivity contribution in [2.75, 3.05) is 16.6 Å². The minimum Gasteiger partial charge on any atom is -0.484 e. The highest BCUT2D eigenvalue weighted by molar-refractivity contribution is 9.10. The van der Waals surface area contributed by atoms with Gasteiger partial charge in [0.25, 0.3) is 15.9 Å². The van der Waals surface area contributed by atoms with Crippen LogP contribution in [0.3, 0.4) is 0 Å². The van der Waals surface area contributed by atoms with E-state index < -0.39 is 10.0 Å². The Morgan fingerprint density at radius 1 is 1.14 bits per heavy atom. The van der Waals surface area contributed by atoms with Crippen molar-refractivity contribution in [1.82, 2.24) is 5.16 Å². The van der Waals surface area contributed by atoms with E-state index in [0.717, 1.165) is 10.0 Å². The second-order valence-corrected chi connectivity index (χ2v) is 8.74. The zero-order chi connectivity index (χ0) is 21.0. The van der Waals surface area contributed by atoms with Gasteiger partial charge in [0.1, 0.15) is 11.5 Å². The Balaban J connectivity index is 1.58. The van der Waals surface area contributed by atoms with Gasteiger partial charge in [0, 0.05) is 16.2 Å². The molecule has 0 fully saturated rings. The van der Waals surface area contributed by atoms with E-state index in [9.17, 15) is 13.2 Å². The summed E-state index contributed by atoms with van der Waals surface area (Å²) in [5.41, 5.74) is 1.44. The molecular formula is C19H18BrN3O5S. The lowest BCUT2D eigenvalue weighted by molar-refractivity contribution is -0.118. The smallest absolute Gasteiger partial charge is 0.263 e. The number of amides is 1. The summed E-state index contributed by atoms with van der Waals surface area (Å²) in [6, 6.07) is 12.6. The standard InChI is InChI=1S/C19H18BrN3O5S/c1-12-9-15(5-8-17(12)20)27-11-19(24)21-14-3-6-16(7-4-14)29(25,26)23-18-10-13(2)28-22-18/h3-10H,11H2,1-2H3,(H,21,24)(H,22,23). The number of carbonyl (C=O) groups excluding carboxylic acids is 1. The molecule has 1 aromatic heterocycles. The lowest BCUT2D eigenvalue weighted by Gasteiger charge is -2.09. The van der Waals surface area contributed by atoms with E-state index in [-0.39, 0.29) is 23.2 Å². The van der Waals surface area contributed by atoms with E-state index in [4.69, 9.17) is 9.26 Å². The number of sulfonamides is 1. The van der Waals surface area contributed by atoms with E-state index in [0.29, 0.717) is 17.2 Å². The van der Waals surface area contributed by atoms with Gasteiger partial charge in [-0.3, -0.25) is 9.52 Å². The van der Waals surface area contributed by atoms with Crippen LogP contribution in [0.4, 0.5) is 11.5 Å². The number of benzene rings is 2. The van der Waals surface area contributed by atoms with Crippen LogP contribution < -0.4 is 14.8 Å². The molecule has 0 aliphatic carbocycles. The van der Waals surface area contributed by atoms with E-state index in [1.54, 1.807) is 13.0 Å². The fourth-order valence-corrected chi connectivity index (χ4v) is 3.61. The number of aromatic nitrogens is 1. The SMILES string of the molecule is Cc1cc(NS(=O)(=O)c2ccc(NC(=O)COc3ccc(Br)c(C)c3)cc2)no1. The summed E-state index contributed by atoms with van der Waals surface area (Å²) in [6.45, 7) is 3.41. The van der Waals surface area contributed by atoms with Crippen molar-refractivity contribution in [2.24, 2.45) is 0 Å². The fraction of sp³-hybridized carbons (Fsp3) is 0.158. The molecule has 1 amide bonds. The number of rotatable bonds is 7. The molecule has 0 unspecified atom stereocenters. The first kappa shape index (κ1) is 20.9. The summed E-state index contributed by atoms with van der Waals surface area (Å²) in [4.78, 5) is 12.1. The number of hydrogen-bond donors (Lipinski definition) is 2. The number of carbonyl (C=O) groups is 1. The molecule has 0 saturated carbocycles. The van der Waals surface area contributed by atoms with E-state index in [2.05, 4.69) is 31.1 Å². The Labute approximate surface area is 176 Å². The van der Waals surface area contributed by atoms with Gasteiger partial charge in [-0.05, 0) is 61.9 Å². The minimum absolute atomic E-state index is 0.0257. The van der Waals surface area contributed by atoms with Gasteiger partial charge in [-0.1, -0.05) is 21.1 Å². The number of nitrogens with one attached hydrogen (secondary N) is 2.